The van der Waals surface area contributed by atoms with Gasteiger partial charge in [-0.2, -0.15) is 0 Å². The molecule has 2 rings (SSSR count). The molecule has 0 unspecified atom stereocenters. The van der Waals surface area contributed by atoms with E-state index in [2.05, 4.69) is 6.92 Å². The summed E-state index contributed by atoms with van der Waals surface area (Å²) in [6.07, 6.45) is 2.79. The van der Waals surface area contributed by atoms with Gasteiger partial charge in [0.15, 0.2) is 0 Å². The van der Waals surface area contributed by atoms with Gasteiger partial charge < -0.3 is 14.6 Å². The second-order valence-corrected chi connectivity index (χ2v) is 5.07. The van der Waals surface area contributed by atoms with E-state index in [4.69, 9.17) is 14.6 Å². The number of rotatable bonds is 6. The van der Waals surface area contributed by atoms with Crippen molar-refractivity contribution in [3.05, 3.63) is 23.3 Å². The molecule has 1 saturated carbocycles. The Bertz CT molecular complexity index is 489. The molecule has 1 fully saturated rings. The highest BCUT2D eigenvalue weighted by atomic mass is 16.5. The molecular weight excluding hydrogens is 244 g/mol. The first-order valence-corrected chi connectivity index (χ1v) is 6.53. The Morgan fingerprint density at radius 3 is 2.32 bits per heavy atom. The first-order valence-electron chi connectivity index (χ1n) is 6.53. The summed E-state index contributed by atoms with van der Waals surface area (Å²) in [6.45, 7) is 2.06. The number of carboxylic acid groups (broad SMARTS) is 1. The second-order valence-electron chi connectivity index (χ2n) is 5.07. The van der Waals surface area contributed by atoms with E-state index in [1.54, 1.807) is 14.2 Å². The van der Waals surface area contributed by atoms with E-state index in [1.807, 2.05) is 12.1 Å². The van der Waals surface area contributed by atoms with Crippen LogP contribution in [0.3, 0.4) is 0 Å². The molecule has 0 radical (unpaired) electrons. The van der Waals surface area contributed by atoms with Crippen LogP contribution in [0.2, 0.25) is 0 Å². The Morgan fingerprint density at radius 1 is 1.26 bits per heavy atom. The predicted molar refractivity (Wildman–Crippen MR) is 72.1 cm³/mol. The van der Waals surface area contributed by atoms with Gasteiger partial charge in [0.2, 0.25) is 0 Å². The zero-order valence-electron chi connectivity index (χ0n) is 11.7. The topological polar surface area (TPSA) is 55.8 Å². The van der Waals surface area contributed by atoms with E-state index in [1.165, 1.54) is 0 Å². The molecule has 0 saturated heterocycles. The van der Waals surface area contributed by atoms with Crippen LogP contribution in [0.4, 0.5) is 0 Å². The van der Waals surface area contributed by atoms with Crippen molar-refractivity contribution >= 4 is 5.97 Å². The van der Waals surface area contributed by atoms with E-state index < -0.39 is 5.97 Å². The summed E-state index contributed by atoms with van der Waals surface area (Å²) in [6, 6.07) is 3.92. The molecule has 0 heterocycles. The van der Waals surface area contributed by atoms with Crippen molar-refractivity contribution in [1.29, 1.82) is 0 Å². The van der Waals surface area contributed by atoms with Crippen molar-refractivity contribution in [3.8, 4) is 11.5 Å². The predicted octanol–water partition coefficient (Wildman–Crippen LogP) is 2.77. The summed E-state index contributed by atoms with van der Waals surface area (Å²) in [5, 5.41) is 9.07. The quantitative estimate of drug-likeness (QED) is 0.858. The Balaban J connectivity index is 2.47. The first-order chi connectivity index (χ1) is 9.06. The monoisotopic (exact) mass is 264 g/mol. The van der Waals surface area contributed by atoms with Crippen molar-refractivity contribution in [1.82, 2.24) is 0 Å². The van der Waals surface area contributed by atoms with Gasteiger partial charge >= 0.3 is 5.97 Å². The Morgan fingerprint density at radius 2 is 1.89 bits per heavy atom. The fourth-order valence-corrected chi connectivity index (χ4v) is 2.63. The number of hydrogen-bond donors (Lipinski definition) is 1. The van der Waals surface area contributed by atoms with Crippen LogP contribution >= 0.6 is 0 Å². The number of ether oxygens (including phenoxy) is 2. The molecule has 0 amide bonds. The molecule has 104 valence electrons. The van der Waals surface area contributed by atoms with Gasteiger partial charge in [-0.3, -0.25) is 4.79 Å². The smallest absolute Gasteiger partial charge is 0.304 e. The maximum absolute atomic E-state index is 11.0. The van der Waals surface area contributed by atoms with Gasteiger partial charge in [-0.1, -0.05) is 6.92 Å². The maximum Gasteiger partial charge on any atom is 0.304 e. The highest BCUT2D eigenvalue weighted by Gasteiger charge is 2.48. The van der Waals surface area contributed by atoms with E-state index in [9.17, 15) is 4.79 Å². The molecule has 1 aliphatic carbocycles. The van der Waals surface area contributed by atoms with Crippen LogP contribution in [0.25, 0.3) is 0 Å². The molecule has 19 heavy (non-hydrogen) atoms. The fraction of sp³-hybridized carbons (Fsp3) is 0.533. The summed E-state index contributed by atoms with van der Waals surface area (Å²) in [7, 11) is 3.27. The van der Waals surface area contributed by atoms with Gasteiger partial charge in [0.25, 0.3) is 0 Å². The maximum atomic E-state index is 11.0. The van der Waals surface area contributed by atoms with Crippen molar-refractivity contribution in [2.75, 3.05) is 14.2 Å². The summed E-state index contributed by atoms with van der Waals surface area (Å²) in [4.78, 5) is 11.0. The zero-order valence-corrected chi connectivity index (χ0v) is 11.7. The summed E-state index contributed by atoms with van der Waals surface area (Å²) in [5.74, 6) is 0.824. The molecule has 0 atom stereocenters. The lowest BCUT2D eigenvalue weighted by molar-refractivity contribution is -0.137. The molecule has 1 aliphatic rings. The number of aryl methyl sites for hydroxylation is 1. The molecule has 4 nitrogen and oxygen atoms in total. The summed E-state index contributed by atoms with van der Waals surface area (Å²) in [5.41, 5.74) is 1.78. The highest BCUT2D eigenvalue weighted by molar-refractivity contribution is 5.71. The van der Waals surface area contributed by atoms with Crippen LogP contribution in [-0.2, 0) is 16.6 Å². The average molecular weight is 264 g/mol. The lowest BCUT2D eigenvalue weighted by atomic mass is 9.90. The lowest BCUT2D eigenvalue weighted by Crippen LogP contribution is -2.14. The van der Waals surface area contributed by atoms with Crippen LogP contribution in [0, 0.1) is 0 Å². The molecule has 0 spiro atoms. The van der Waals surface area contributed by atoms with Crippen LogP contribution < -0.4 is 9.47 Å². The second kappa shape index (κ2) is 5.11. The van der Waals surface area contributed by atoms with Crippen molar-refractivity contribution in [2.45, 2.75) is 38.0 Å². The minimum absolute atomic E-state index is 0.151. The van der Waals surface area contributed by atoms with E-state index in [0.29, 0.717) is 0 Å². The summed E-state index contributed by atoms with van der Waals surface area (Å²) < 4.78 is 10.8. The first kappa shape index (κ1) is 13.7. The third kappa shape index (κ3) is 2.53. The van der Waals surface area contributed by atoms with E-state index >= 15 is 0 Å². The van der Waals surface area contributed by atoms with Crippen molar-refractivity contribution in [3.63, 3.8) is 0 Å². The van der Waals surface area contributed by atoms with Gasteiger partial charge in [0.1, 0.15) is 11.5 Å². The van der Waals surface area contributed by atoms with Crippen molar-refractivity contribution in [2.24, 2.45) is 0 Å². The van der Waals surface area contributed by atoms with Crippen LogP contribution in [-0.4, -0.2) is 25.3 Å². The number of aliphatic carboxylic acids is 1. The summed E-state index contributed by atoms with van der Waals surface area (Å²) >= 11 is 0. The van der Waals surface area contributed by atoms with Crippen LogP contribution in [0.1, 0.15) is 37.3 Å². The average Bonchev–Trinajstić information content (AvgIpc) is 3.16. The molecular formula is C15H20O4. The number of carboxylic acids is 1. The van der Waals surface area contributed by atoms with Gasteiger partial charge in [0, 0.05) is 11.0 Å². The minimum atomic E-state index is -0.766. The number of hydrogen-bond acceptors (Lipinski definition) is 3. The highest BCUT2D eigenvalue weighted by Crippen LogP contribution is 2.55. The Labute approximate surface area is 113 Å². The zero-order chi connectivity index (χ0) is 14.0. The Kier molecular flexibility index (Phi) is 3.69. The van der Waals surface area contributed by atoms with E-state index in [-0.39, 0.29) is 11.8 Å². The third-order valence-electron chi connectivity index (χ3n) is 3.90. The number of methoxy groups -OCH3 is 2. The number of carbonyl (C=O) groups is 1. The minimum Gasteiger partial charge on any atom is -0.496 e. The van der Waals surface area contributed by atoms with Gasteiger partial charge in [-0.15, -0.1) is 0 Å². The SMILES string of the molecule is CCc1cc(OC)c(C2(CC(=O)O)CC2)cc1OC. The molecule has 0 aliphatic heterocycles. The molecule has 1 N–H and O–H groups in total. The largest absolute Gasteiger partial charge is 0.496 e. The van der Waals surface area contributed by atoms with Crippen molar-refractivity contribution < 1.29 is 19.4 Å². The van der Waals surface area contributed by atoms with Gasteiger partial charge in [-0.25, -0.2) is 0 Å². The van der Waals surface area contributed by atoms with Crippen LogP contribution in [0.15, 0.2) is 12.1 Å². The van der Waals surface area contributed by atoms with Crippen LogP contribution in [0.5, 0.6) is 11.5 Å². The van der Waals surface area contributed by atoms with Gasteiger partial charge in [0.05, 0.1) is 20.6 Å². The van der Waals surface area contributed by atoms with Gasteiger partial charge in [-0.05, 0) is 37.0 Å². The normalized spacial score (nSPS) is 15.9. The standard InChI is InChI=1S/C15H20O4/c1-4-10-7-13(19-3)11(8-12(10)18-2)15(5-6-15)9-14(16)17/h7-8H,4-6,9H2,1-3H3,(H,16,17). The number of benzene rings is 1. The molecule has 0 bridgehead atoms. The molecule has 4 heteroatoms. The molecule has 0 aromatic heterocycles. The van der Waals surface area contributed by atoms with E-state index in [0.717, 1.165) is 41.9 Å². The third-order valence-corrected chi connectivity index (χ3v) is 3.90. The lowest BCUT2D eigenvalue weighted by Gasteiger charge is -2.20. The molecule has 1 aromatic rings. The Hall–Kier alpha value is -1.71. The fourth-order valence-electron chi connectivity index (χ4n) is 2.63. The molecule has 1 aromatic carbocycles.